The molecule has 0 bridgehead atoms. The Labute approximate surface area is 152 Å². The Hall–Kier alpha value is -3.09. The van der Waals surface area contributed by atoms with Gasteiger partial charge < -0.3 is 19.5 Å². The fraction of sp³-hybridized carbons (Fsp3) is 0.316. The highest BCUT2D eigenvalue weighted by Gasteiger charge is 2.14. The summed E-state index contributed by atoms with van der Waals surface area (Å²) in [7, 11) is 4.83. The molecule has 0 unspecified atom stereocenters. The van der Waals surface area contributed by atoms with Gasteiger partial charge in [0.1, 0.15) is 0 Å². The predicted molar refractivity (Wildman–Crippen MR) is 101 cm³/mol. The van der Waals surface area contributed by atoms with E-state index in [9.17, 15) is 0 Å². The first-order valence-corrected chi connectivity index (χ1v) is 8.25. The van der Waals surface area contributed by atoms with E-state index in [2.05, 4.69) is 34.3 Å². The Bertz CT molecular complexity index is 928. The summed E-state index contributed by atoms with van der Waals surface area (Å²) in [6.07, 6.45) is 3.50. The minimum atomic E-state index is 0.252. The molecule has 1 aromatic carbocycles. The van der Waals surface area contributed by atoms with Gasteiger partial charge in [0.05, 0.1) is 33.0 Å². The molecular weight excluding hydrogens is 332 g/mol. The summed E-state index contributed by atoms with van der Waals surface area (Å²) in [6.45, 7) is 4.10. The number of hydrogen-bond donors (Lipinski definition) is 1. The van der Waals surface area contributed by atoms with Gasteiger partial charge in [-0.05, 0) is 26.0 Å². The molecule has 2 aromatic heterocycles. The first-order valence-electron chi connectivity index (χ1n) is 8.25. The van der Waals surface area contributed by atoms with Crippen LogP contribution in [-0.4, -0.2) is 42.6 Å². The predicted octanol–water partition coefficient (Wildman–Crippen LogP) is 3.54. The summed E-state index contributed by atoms with van der Waals surface area (Å²) < 4.78 is 16.3. The largest absolute Gasteiger partial charge is 0.493 e. The van der Waals surface area contributed by atoms with E-state index in [0.29, 0.717) is 28.6 Å². The van der Waals surface area contributed by atoms with Crippen LogP contribution in [0.3, 0.4) is 0 Å². The van der Waals surface area contributed by atoms with E-state index >= 15 is 0 Å². The number of hydrogen-bond acceptors (Lipinski definition) is 7. The lowest BCUT2D eigenvalue weighted by Crippen LogP contribution is -2.12. The van der Waals surface area contributed by atoms with E-state index in [1.165, 1.54) is 0 Å². The van der Waals surface area contributed by atoms with Crippen LogP contribution in [0.4, 0.5) is 5.82 Å². The van der Waals surface area contributed by atoms with Crippen LogP contribution in [-0.2, 0) is 0 Å². The molecule has 7 heteroatoms. The summed E-state index contributed by atoms with van der Waals surface area (Å²) in [5.74, 6) is 2.62. The number of nitrogens with one attached hydrogen (secondary N) is 1. The van der Waals surface area contributed by atoms with Crippen LogP contribution in [0.15, 0.2) is 30.6 Å². The molecule has 2 heterocycles. The number of anilines is 1. The second-order valence-electron chi connectivity index (χ2n) is 6.06. The van der Waals surface area contributed by atoms with E-state index in [0.717, 1.165) is 16.5 Å². The van der Waals surface area contributed by atoms with E-state index in [4.69, 9.17) is 14.2 Å². The van der Waals surface area contributed by atoms with Crippen molar-refractivity contribution in [2.75, 3.05) is 26.6 Å². The number of rotatable bonds is 6. The van der Waals surface area contributed by atoms with Crippen LogP contribution in [0, 0.1) is 0 Å². The van der Waals surface area contributed by atoms with E-state index < -0.39 is 0 Å². The SMILES string of the molecule is COc1cc2nncc(-c3cnc(NC(C)C)c(OC)c3)c2cc1OC. The van der Waals surface area contributed by atoms with E-state index in [-0.39, 0.29) is 6.04 Å². The standard InChI is InChI=1S/C19H22N4O3/c1-11(2)22-19-18(26-5)6-12(9-20-19)14-10-21-23-15-8-17(25-4)16(24-3)7-13(14)15/h6-11H,1-5H3,(H,20,22). The number of ether oxygens (including phenoxy) is 3. The second-order valence-corrected chi connectivity index (χ2v) is 6.06. The fourth-order valence-corrected chi connectivity index (χ4v) is 2.74. The number of methoxy groups -OCH3 is 3. The molecular formula is C19H22N4O3. The quantitative estimate of drug-likeness (QED) is 0.725. The summed E-state index contributed by atoms with van der Waals surface area (Å²) in [5, 5.41) is 12.5. The maximum absolute atomic E-state index is 5.50. The van der Waals surface area contributed by atoms with Crippen molar-refractivity contribution in [3.8, 4) is 28.4 Å². The number of pyridine rings is 1. The molecule has 1 N–H and O–H groups in total. The number of fused-ring (bicyclic) bond motifs is 1. The van der Waals surface area contributed by atoms with Gasteiger partial charge in [0.15, 0.2) is 23.1 Å². The van der Waals surface area contributed by atoms with Crippen molar-refractivity contribution in [1.82, 2.24) is 15.2 Å². The molecule has 136 valence electrons. The monoisotopic (exact) mass is 354 g/mol. The van der Waals surface area contributed by atoms with Crippen LogP contribution in [0.2, 0.25) is 0 Å². The summed E-state index contributed by atoms with van der Waals surface area (Å²) in [5.41, 5.74) is 2.48. The van der Waals surface area contributed by atoms with Gasteiger partial charge in [0.2, 0.25) is 0 Å². The van der Waals surface area contributed by atoms with Gasteiger partial charge >= 0.3 is 0 Å². The van der Waals surface area contributed by atoms with Gasteiger partial charge in [0, 0.05) is 34.8 Å². The van der Waals surface area contributed by atoms with E-state index in [1.807, 2.05) is 18.2 Å². The van der Waals surface area contributed by atoms with Gasteiger partial charge in [0.25, 0.3) is 0 Å². The Balaban J connectivity index is 2.16. The number of nitrogens with zero attached hydrogens (tertiary/aromatic N) is 3. The molecule has 0 aliphatic heterocycles. The van der Waals surface area contributed by atoms with Crippen molar-refractivity contribution in [2.24, 2.45) is 0 Å². The normalized spacial score (nSPS) is 10.8. The lowest BCUT2D eigenvalue weighted by atomic mass is 10.0. The van der Waals surface area contributed by atoms with Gasteiger partial charge in [-0.2, -0.15) is 10.2 Å². The molecule has 26 heavy (non-hydrogen) atoms. The molecule has 0 fully saturated rings. The van der Waals surface area contributed by atoms with Crippen molar-refractivity contribution >= 4 is 16.7 Å². The van der Waals surface area contributed by atoms with Crippen LogP contribution in [0.25, 0.3) is 22.0 Å². The maximum Gasteiger partial charge on any atom is 0.168 e. The minimum absolute atomic E-state index is 0.252. The number of aromatic nitrogens is 3. The molecule has 3 rings (SSSR count). The third kappa shape index (κ3) is 3.33. The van der Waals surface area contributed by atoms with Crippen molar-refractivity contribution in [3.05, 3.63) is 30.6 Å². The Kier molecular flexibility index (Phi) is 5.06. The Morgan fingerprint density at radius 3 is 2.23 bits per heavy atom. The van der Waals surface area contributed by atoms with Crippen molar-refractivity contribution in [3.63, 3.8) is 0 Å². The molecule has 0 aliphatic carbocycles. The van der Waals surface area contributed by atoms with Gasteiger partial charge in [-0.1, -0.05) is 0 Å². The lowest BCUT2D eigenvalue weighted by Gasteiger charge is -2.15. The fourth-order valence-electron chi connectivity index (χ4n) is 2.74. The van der Waals surface area contributed by atoms with Gasteiger partial charge in [-0.25, -0.2) is 4.98 Å². The number of benzene rings is 1. The van der Waals surface area contributed by atoms with Gasteiger partial charge in [-0.15, -0.1) is 0 Å². The molecule has 0 radical (unpaired) electrons. The van der Waals surface area contributed by atoms with Crippen LogP contribution in [0.5, 0.6) is 17.2 Å². The Morgan fingerprint density at radius 2 is 1.58 bits per heavy atom. The molecule has 0 aliphatic rings. The summed E-state index contributed by atoms with van der Waals surface area (Å²) in [6, 6.07) is 5.89. The molecule has 0 saturated heterocycles. The third-order valence-electron chi connectivity index (χ3n) is 3.95. The average Bonchev–Trinajstić information content (AvgIpc) is 2.66. The van der Waals surface area contributed by atoms with Crippen LogP contribution in [0.1, 0.15) is 13.8 Å². The van der Waals surface area contributed by atoms with Crippen LogP contribution < -0.4 is 19.5 Å². The highest BCUT2D eigenvalue weighted by Crippen LogP contribution is 2.37. The molecule has 7 nitrogen and oxygen atoms in total. The molecule has 0 amide bonds. The molecule has 3 aromatic rings. The van der Waals surface area contributed by atoms with Gasteiger partial charge in [-0.3, -0.25) is 0 Å². The zero-order valence-electron chi connectivity index (χ0n) is 15.5. The van der Waals surface area contributed by atoms with Crippen LogP contribution >= 0.6 is 0 Å². The summed E-state index contributed by atoms with van der Waals surface area (Å²) in [4.78, 5) is 4.51. The second kappa shape index (κ2) is 7.43. The van der Waals surface area contributed by atoms with Crippen molar-refractivity contribution in [2.45, 2.75) is 19.9 Å². The average molecular weight is 354 g/mol. The van der Waals surface area contributed by atoms with Crippen molar-refractivity contribution in [1.29, 1.82) is 0 Å². The minimum Gasteiger partial charge on any atom is -0.493 e. The molecule has 0 atom stereocenters. The Morgan fingerprint density at radius 1 is 0.885 bits per heavy atom. The zero-order chi connectivity index (χ0) is 18.7. The first kappa shape index (κ1) is 17.7. The third-order valence-corrected chi connectivity index (χ3v) is 3.95. The van der Waals surface area contributed by atoms with E-state index in [1.54, 1.807) is 33.7 Å². The summed E-state index contributed by atoms with van der Waals surface area (Å²) >= 11 is 0. The highest BCUT2D eigenvalue weighted by molar-refractivity contribution is 5.95. The smallest absolute Gasteiger partial charge is 0.168 e. The lowest BCUT2D eigenvalue weighted by molar-refractivity contribution is 0.356. The first-order chi connectivity index (χ1) is 12.6. The molecule has 0 spiro atoms. The topological polar surface area (TPSA) is 78.4 Å². The maximum atomic E-state index is 5.50. The zero-order valence-corrected chi connectivity index (χ0v) is 15.5. The molecule has 0 saturated carbocycles. The van der Waals surface area contributed by atoms with Crippen molar-refractivity contribution < 1.29 is 14.2 Å². The highest BCUT2D eigenvalue weighted by atomic mass is 16.5.